The molecule has 0 aromatic carbocycles. The van der Waals surface area contributed by atoms with Gasteiger partial charge in [0, 0.05) is 23.7 Å². The summed E-state index contributed by atoms with van der Waals surface area (Å²) in [5.74, 6) is 0.604. The lowest BCUT2D eigenvalue weighted by Gasteiger charge is -2.34. The third-order valence-corrected chi connectivity index (χ3v) is 6.09. The predicted molar refractivity (Wildman–Crippen MR) is 104 cm³/mol. The van der Waals surface area contributed by atoms with Gasteiger partial charge in [-0.1, -0.05) is 6.08 Å². The third-order valence-electron chi connectivity index (χ3n) is 6.09. The molecule has 4 heterocycles. The van der Waals surface area contributed by atoms with Crippen LogP contribution in [0.15, 0.2) is 24.4 Å². The number of aromatic nitrogens is 2. The molecular formula is C21H21N5O2. The molecule has 2 bridgehead atoms. The van der Waals surface area contributed by atoms with E-state index in [1.165, 1.54) is 5.57 Å². The first-order valence-corrected chi connectivity index (χ1v) is 9.80. The fourth-order valence-corrected chi connectivity index (χ4v) is 4.68. The van der Waals surface area contributed by atoms with Crippen molar-refractivity contribution in [3.05, 3.63) is 30.0 Å². The lowest BCUT2D eigenvalue weighted by molar-refractivity contribution is -0.132. The monoisotopic (exact) mass is 375 g/mol. The van der Waals surface area contributed by atoms with Gasteiger partial charge in [-0.25, -0.2) is 4.98 Å². The fourth-order valence-electron chi connectivity index (χ4n) is 4.68. The lowest BCUT2D eigenvalue weighted by Crippen LogP contribution is -2.42. The number of hydrogen-bond acceptors (Lipinski definition) is 4. The van der Waals surface area contributed by atoms with Gasteiger partial charge in [-0.2, -0.15) is 5.26 Å². The highest BCUT2D eigenvalue weighted by atomic mass is 16.2. The quantitative estimate of drug-likeness (QED) is 0.813. The minimum atomic E-state index is -0.0756. The summed E-state index contributed by atoms with van der Waals surface area (Å²) in [7, 11) is 0. The Balaban J connectivity index is 1.55. The van der Waals surface area contributed by atoms with Gasteiger partial charge < -0.3 is 9.88 Å². The van der Waals surface area contributed by atoms with Crippen LogP contribution in [0.4, 0.5) is 5.82 Å². The summed E-state index contributed by atoms with van der Waals surface area (Å²) in [6, 6.07) is 6.44. The van der Waals surface area contributed by atoms with E-state index in [1.54, 1.807) is 4.90 Å². The molecule has 7 heteroatoms. The van der Waals surface area contributed by atoms with Crippen molar-refractivity contribution < 1.29 is 9.59 Å². The average Bonchev–Trinajstić information content (AvgIpc) is 3.34. The number of nitrogens with one attached hydrogen (secondary N) is 1. The minimum Gasteiger partial charge on any atom is -0.346 e. The molecule has 2 aromatic heterocycles. The zero-order valence-electron chi connectivity index (χ0n) is 15.5. The smallest absolute Gasteiger partial charge is 0.237 e. The van der Waals surface area contributed by atoms with Crippen LogP contribution < -0.4 is 4.90 Å². The van der Waals surface area contributed by atoms with Crippen LogP contribution in [0, 0.1) is 11.3 Å². The highest BCUT2D eigenvalue weighted by Gasteiger charge is 2.40. The van der Waals surface area contributed by atoms with E-state index >= 15 is 0 Å². The van der Waals surface area contributed by atoms with Crippen molar-refractivity contribution in [1.82, 2.24) is 14.9 Å². The van der Waals surface area contributed by atoms with Gasteiger partial charge in [-0.15, -0.1) is 0 Å². The second kappa shape index (κ2) is 6.48. The van der Waals surface area contributed by atoms with Crippen LogP contribution in [0.5, 0.6) is 0 Å². The van der Waals surface area contributed by atoms with Crippen molar-refractivity contribution in [3.8, 4) is 6.07 Å². The van der Waals surface area contributed by atoms with E-state index < -0.39 is 0 Å². The first kappa shape index (κ1) is 17.0. The van der Waals surface area contributed by atoms with E-state index in [4.69, 9.17) is 5.26 Å². The number of pyridine rings is 1. The SMILES string of the molecule is N#CCC(=O)N1[C@@H]2CC[C@H]1C=C(c1cc(N(C=O)C3CC3)nc3[nH]ccc13)C2. The van der Waals surface area contributed by atoms with Gasteiger partial charge in [-0.3, -0.25) is 14.5 Å². The molecule has 142 valence electrons. The molecule has 2 fully saturated rings. The molecule has 1 saturated heterocycles. The average molecular weight is 375 g/mol. The number of nitriles is 1. The summed E-state index contributed by atoms with van der Waals surface area (Å²) in [5, 5.41) is 9.92. The molecule has 2 atom stereocenters. The zero-order valence-corrected chi connectivity index (χ0v) is 15.5. The van der Waals surface area contributed by atoms with Gasteiger partial charge in [0.05, 0.1) is 12.1 Å². The summed E-state index contributed by atoms with van der Waals surface area (Å²) in [4.78, 5) is 35.4. The van der Waals surface area contributed by atoms with Gasteiger partial charge in [0.2, 0.25) is 12.3 Å². The normalized spacial score (nSPS) is 23.4. The van der Waals surface area contributed by atoms with Gasteiger partial charge >= 0.3 is 0 Å². The molecule has 1 N–H and O–H groups in total. The topological polar surface area (TPSA) is 93.1 Å². The lowest BCUT2D eigenvalue weighted by atomic mass is 9.93. The molecule has 2 aromatic rings. The molecule has 3 aliphatic rings. The second-order valence-corrected chi connectivity index (χ2v) is 7.84. The van der Waals surface area contributed by atoms with E-state index in [-0.39, 0.29) is 30.5 Å². The molecule has 2 aliphatic heterocycles. The first-order valence-electron chi connectivity index (χ1n) is 9.80. The number of anilines is 1. The summed E-state index contributed by atoms with van der Waals surface area (Å²) in [6.45, 7) is 0. The highest BCUT2D eigenvalue weighted by molar-refractivity contribution is 5.94. The van der Waals surface area contributed by atoms with Crippen LogP contribution >= 0.6 is 0 Å². The van der Waals surface area contributed by atoms with Crippen LogP contribution in [0.25, 0.3) is 16.6 Å². The Labute approximate surface area is 162 Å². The van der Waals surface area contributed by atoms with Crippen molar-refractivity contribution in [3.63, 3.8) is 0 Å². The molecular weight excluding hydrogens is 354 g/mol. The number of carbonyl (C=O) groups excluding carboxylic acids is 2. The molecule has 2 amide bonds. The van der Waals surface area contributed by atoms with Crippen LogP contribution in [-0.2, 0) is 9.59 Å². The number of fused-ring (bicyclic) bond motifs is 3. The molecule has 0 radical (unpaired) electrons. The van der Waals surface area contributed by atoms with Crippen molar-refractivity contribution in [2.24, 2.45) is 0 Å². The van der Waals surface area contributed by atoms with Crippen molar-refractivity contribution in [2.75, 3.05) is 4.90 Å². The van der Waals surface area contributed by atoms with Gasteiger partial charge in [-0.05, 0) is 55.4 Å². The molecule has 1 saturated carbocycles. The molecule has 0 unspecified atom stereocenters. The standard InChI is InChI=1S/C21H21N5O2/c22-7-5-20(28)26-15-3-4-16(26)10-13(9-15)18-11-19(25(12-27)14-1-2-14)24-21-17(18)6-8-23-21/h6,8-9,11-12,14-16H,1-5,10H2,(H,23,24)/t15-,16+/m0/s1. The fraction of sp³-hybridized carbons (Fsp3) is 0.429. The maximum atomic E-state index is 12.4. The molecule has 1 aliphatic carbocycles. The second-order valence-electron chi connectivity index (χ2n) is 7.84. The first-order chi connectivity index (χ1) is 13.7. The van der Waals surface area contributed by atoms with Gasteiger partial charge in [0.25, 0.3) is 0 Å². The Morgan fingerprint density at radius 2 is 2.25 bits per heavy atom. The molecule has 0 spiro atoms. The Bertz CT molecular complexity index is 1030. The molecule has 28 heavy (non-hydrogen) atoms. The van der Waals surface area contributed by atoms with Crippen LogP contribution in [0.2, 0.25) is 0 Å². The van der Waals surface area contributed by atoms with E-state index in [0.717, 1.165) is 55.1 Å². The largest absolute Gasteiger partial charge is 0.346 e. The third kappa shape index (κ3) is 2.68. The number of hydrogen-bond donors (Lipinski definition) is 1. The van der Waals surface area contributed by atoms with Gasteiger partial charge in [0.15, 0.2) is 0 Å². The minimum absolute atomic E-state index is 0.0470. The number of aromatic amines is 1. The van der Waals surface area contributed by atoms with Crippen molar-refractivity contribution in [1.29, 1.82) is 5.26 Å². The summed E-state index contributed by atoms with van der Waals surface area (Å²) < 4.78 is 0. The van der Waals surface area contributed by atoms with Gasteiger partial charge in [0.1, 0.15) is 17.9 Å². The van der Waals surface area contributed by atoms with E-state index in [9.17, 15) is 9.59 Å². The Morgan fingerprint density at radius 1 is 1.39 bits per heavy atom. The highest BCUT2D eigenvalue weighted by Crippen LogP contribution is 2.41. The number of rotatable bonds is 5. The maximum Gasteiger partial charge on any atom is 0.237 e. The number of H-pyrrole nitrogens is 1. The Hall–Kier alpha value is -3.14. The molecule has 5 rings (SSSR count). The zero-order chi connectivity index (χ0) is 19.3. The van der Waals surface area contributed by atoms with Crippen LogP contribution in [0.3, 0.4) is 0 Å². The summed E-state index contributed by atoms with van der Waals surface area (Å²) >= 11 is 0. The van der Waals surface area contributed by atoms with Crippen LogP contribution in [0.1, 0.15) is 44.1 Å². The molecule has 7 nitrogen and oxygen atoms in total. The van der Waals surface area contributed by atoms with E-state index in [0.29, 0.717) is 5.82 Å². The Kier molecular flexibility index (Phi) is 3.93. The van der Waals surface area contributed by atoms with E-state index in [2.05, 4.69) is 16.0 Å². The van der Waals surface area contributed by atoms with Crippen molar-refractivity contribution in [2.45, 2.75) is 56.7 Å². The summed E-state index contributed by atoms with van der Waals surface area (Å²) in [5.41, 5.74) is 3.05. The number of carbonyl (C=O) groups is 2. The number of nitrogens with zero attached hydrogens (tertiary/aromatic N) is 4. The maximum absolute atomic E-state index is 12.4. The van der Waals surface area contributed by atoms with Crippen LogP contribution in [-0.4, -0.2) is 45.3 Å². The van der Waals surface area contributed by atoms with E-state index in [1.807, 2.05) is 29.3 Å². The number of amides is 2. The predicted octanol–water partition coefficient (Wildman–Crippen LogP) is 2.75. The van der Waals surface area contributed by atoms with Crippen molar-refractivity contribution >= 4 is 34.7 Å². The Morgan fingerprint density at radius 3 is 2.96 bits per heavy atom. The summed E-state index contributed by atoms with van der Waals surface area (Å²) in [6.07, 6.45) is 9.54.